The minimum absolute atomic E-state index is 0.190. The maximum Gasteiger partial charge on any atom is 0.127 e. The van der Waals surface area contributed by atoms with Gasteiger partial charge in [0.05, 0.1) is 13.2 Å². The van der Waals surface area contributed by atoms with E-state index in [1.54, 1.807) is 19.2 Å². The lowest BCUT2D eigenvalue weighted by Crippen LogP contribution is -2.29. The molecule has 0 fully saturated rings. The van der Waals surface area contributed by atoms with Gasteiger partial charge in [0, 0.05) is 5.02 Å². The van der Waals surface area contributed by atoms with Crippen molar-refractivity contribution in [1.82, 2.24) is 5.43 Å². The number of benzene rings is 2. The van der Waals surface area contributed by atoms with Crippen LogP contribution in [-0.4, -0.2) is 7.11 Å². The second-order valence-electron chi connectivity index (χ2n) is 4.89. The van der Waals surface area contributed by atoms with Crippen molar-refractivity contribution < 1.29 is 9.13 Å². The van der Waals surface area contributed by atoms with Crippen LogP contribution in [0, 0.1) is 12.7 Å². The number of nitrogens with two attached hydrogens (primary N) is 1. The van der Waals surface area contributed by atoms with E-state index in [1.807, 2.05) is 25.1 Å². The fraction of sp³-hybridized carbons (Fsp3) is 0.250. The van der Waals surface area contributed by atoms with Gasteiger partial charge >= 0.3 is 0 Å². The first-order valence-corrected chi connectivity index (χ1v) is 6.97. The number of rotatable bonds is 5. The van der Waals surface area contributed by atoms with E-state index in [-0.39, 0.29) is 11.9 Å². The van der Waals surface area contributed by atoms with Gasteiger partial charge in [-0.1, -0.05) is 29.8 Å². The van der Waals surface area contributed by atoms with Crippen LogP contribution in [0.1, 0.15) is 22.7 Å². The van der Waals surface area contributed by atoms with E-state index in [9.17, 15) is 4.39 Å². The highest BCUT2D eigenvalue weighted by Crippen LogP contribution is 2.25. The van der Waals surface area contributed by atoms with Gasteiger partial charge < -0.3 is 4.74 Å². The maximum absolute atomic E-state index is 13.9. The van der Waals surface area contributed by atoms with Gasteiger partial charge in [0.15, 0.2) is 0 Å². The van der Waals surface area contributed by atoms with Gasteiger partial charge in [0.1, 0.15) is 11.6 Å². The Balaban J connectivity index is 2.25. The first-order valence-electron chi connectivity index (χ1n) is 6.59. The summed E-state index contributed by atoms with van der Waals surface area (Å²) >= 11 is 5.76. The number of hydrogen-bond acceptors (Lipinski definition) is 3. The third-order valence-corrected chi connectivity index (χ3v) is 3.70. The van der Waals surface area contributed by atoms with Crippen LogP contribution >= 0.6 is 11.6 Å². The first kappa shape index (κ1) is 15.8. The molecule has 0 radical (unpaired) electrons. The van der Waals surface area contributed by atoms with Crippen LogP contribution in [0.5, 0.6) is 5.75 Å². The summed E-state index contributed by atoms with van der Waals surface area (Å²) in [7, 11) is 1.63. The van der Waals surface area contributed by atoms with Crippen molar-refractivity contribution in [1.29, 1.82) is 0 Å². The summed E-state index contributed by atoms with van der Waals surface area (Å²) in [4.78, 5) is 0. The first-order chi connectivity index (χ1) is 10.0. The molecule has 3 nitrogen and oxygen atoms in total. The van der Waals surface area contributed by atoms with Crippen LogP contribution < -0.4 is 16.0 Å². The average Bonchev–Trinajstić information content (AvgIpc) is 2.46. The zero-order chi connectivity index (χ0) is 15.4. The summed E-state index contributed by atoms with van der Waals surface area (Å²) in [5.74, 6) is 6.11. The molecule has 5 heteroatoms. The fourth-order valence-corrected chi connectivity index (χ4v) is 2.46. The van der Waals surface area contributed by atoms with E-state index < -0.39 is 0 Å². The zero-order valence-corrected chi connectivity index (χ0v) is 12.7. The van der Waals surface area contributed by atoms with Crippen molar-refractivity contribution in [2.24, 2.45) is 5.84 Å². The SMILES string of the molecule is COc1ccc(C(Cc2ccc(Cl)cc2F)NN)cc1C. The Hall–Kier alpha value is -1.62. The highest BCUT2D eigenvalue weighted by Gasteiger charge is 2.14. The Morgan fingerprint density at radius 2 is 2.05 bits per heavy atom. The van der Waals surface area contributed by atoms with Gasteiger partial charge in [-0.3, -0.25) is 11.3 Å². The van der Waals surface area contributed by atoms with Gasteiger partial charge in [0.25, 0.3) is 0 Å². The number of hydrazine groups is 1. The number of halogens is 2. The molecule has 0 saturated heterocycles. The van der Waals surface area contributed by atoms with Crippen molar-refractivity contribution >= 4 is 11.6 Å². The van der Waals surface area contributed by atoms with E-state index >= 15 is 0 Å². The van der Waals surface area contributed by atoms with Crippen molar-refractivity contribution in [3.8, 4) is 5.75 Å². The Labute approximate surface area is 128 Å². The third-order valence-electron chi connectivity index (χ3n) is 3.46. The lowest BCUT2D eigenvalue weighted by atomic mass is 9.97. The van der Waals surface area contributed by atoms with Crippen LogP contribution in [-0.2, 0) is 6.42 Å². The lowest BCUT2D eigenvalue weighted by molar-refractivity contribution is 0.411. The second-order valence-corrected chi connectivity index (χ2v) is 5.32. The summed E-state index contributed by atoms with van der Waals surface area (Å²) in [5, 5.41) is 0.383. The Morgan fingerprint density at radius 3 is 2.62 bits per heavy atom. The van der Waals surface area contributed by atoms with Crippen molar-refractivity contribution in [3.05, 3.63) is 63.9 Å². The van der Waals surface area contributed by atoms with E-state index in [0.717, 1.165) is 16.9 Å². The number of ether oxygens (including phenoxy) is 1. The Kier molecular flexibility index (Phi) is 5.17. The summed E-state index contributed by atoms with van der Waals surface area (Å²) < 4.78 is 19.1. The molecule has 3 N–H and O–H groups in total. The average molecular weight is 309 g/mol. The van der Waals surface area contributed by atoms with Crippen molar-refractivity contribution in [2.75, 3.05) is 7.11 Å². The number of nitrogens with one attached hydrogen (secondary N) is 1. The molecule has 2 rings (SSSR count). The molecule has 2 aromatic carbocycles. The van der Waals surface area contributed by atoms with Gasteiger partial charge in [-0.2, -0.15) is 0 Å². The highest BCUT2D eigenvalue weighted by molar-refractivity contribution is 6.30. The molecule has 0 spiro atoms. The molecule has 0 bridgehead atoms. The van der Waals surface area contributed by atoms with Crippen LogP contribution in [0.25, 0.3) is 0 Å². The van der Waals surface area contributed by atoms with E-state index in [1.165, 1.54) is 6.07 Å². The molecule has 0 heterocycles. The molecular formula is C16H18ClFN2O. The maximum atomic E-state index is 13.9. The Morgan fingerprint density at radius 1 is 1.29 bits per heavy atom. The van der Waals surface area contributed by atoms with Crippen LogP contribution in [0.3, 0.4) is 0 Å². The topological polar surface area (TPSA) is 47.3 Å². The fourth-order valence-electron chi connectivity index (χ4n) is 2.30. The number of aryl methyl sites for hydroxylation is 1. The molecule has 0 aliphatic carbocycles. The molecule has 2 aromatic rings. The summed E-state index contributed by atoms with van der Waals surface area (Å²) in [6.45, 7) is 1.96. The predicted octanol–water partition coefficient (Wildman–Crippen LogP) is 3.54. The molecular weight excluding hydrogens is 291 g/mol. The highest BCUT2D eigenvalue weighted by atomic mass is 35.5. The molecule has 0 amide bonds. The van der Waals surface area contributed by atoms with E-state index in [2.05, 4.69) is 5.43 Å². The largest absolute Gasteiger partial charge is 0.496 e. The zero-order valence-electron chi connectivity index (χ0n) is 12.0. The van der Waals surface area contributed by atoms with Gasteiger partial charge in [-0.25, -0.2) is 4.39 Å². The summed E-state index contributed by atoms with van der Waals surface area (Å²) in [6, 6.07) is 10.3. The minimum Gasteiger partial charge on any atom is -0.496 e. The molecule has 1 unspecified atom stereocenters. The van der Waals surface area contributed by atoms with E-state index in [0.29, 0.717) is 17.0 Å². The van der Waals surface area contributed by atoms with Gasteiger partial charge in [-0.15, -0.1) is 0 Å². The number of hydrogen-bond donors (Lipinski definition) is 2. The Bertz CT molecular complexity index is 634. The molecule has 112 valence electrons. The second kappa shape index (κ2) is 6.89. The van der Waals surface area contributed by atoms with Gasteiger partial charge in [-0.05, 0) is 48.2 Å². The molecule has 0 saturated carbocycles. The number of methoxy groups -OCH3 is 1. The molecule has 0 aliphatic rings. The monoisotopic (exact) mass is 308 g/mol. The van der Waals surface area contributed by atoms with E-state index in [4.69, 9.17) is 22.2 Å². The van der Waals surface area contributed by atoms with Gasteiger partial charge in [0.2, 0.25) is 0 Å². The molecule has 0 aromatic heterocycles. The lowest BCUT2D eigenvalue weighted by Gasteiger charge is -2.18. The molecule has 0 aliphatic heterocycles. The predicted molar refractivity (Wildman–Crippen MR) is 82.9 cm³/mol. The third kappa shape index (κ3) is 3.73. The summed E-state index contributed by atoms with van der Waals surface area (Å²) in [6.07, 6.45) is 0.436. The van der Waals surface area contributed by atoms with Crippen LogP contribution in [0.4, 0.5) is 4.39 Å². The smallest absolute Gasteiger partial charge is 0.127 e. The normalized spacial score (nSPS) is 12.2. The van der Waals surface area contributed by atoms with Crippen LogP contribution in [0.2, 0.25) is 5.02 Å². The molecule has 1 atom stereocenters. The minimum atomic E-state index is -0.326. The van der Waals surface area contributed by atoms with Crippen molar-refractivity contribution in [2.45, 2.75) is 19.4 Å². The standard InChI is InChI=1S/C16H18ClFN2O/c1-10-7-12(4-6-16(10)21-2)15(20-19)8-11-3-5-13(17)9-14(11)18/h3-7,9,15,20H,8,19H2,1-2H3. The van der Waals surface area contributed by atoms with Crippen molar-refractivity contribution in [3.63, 3.8) is 0 Å². The van der Waals surface area contributed by atoms with Crippen LogP contribution in [0.15, 0.2) is 36.4 Å². The summed E-state index contributed by atoms with van der Waals surface area (Å²) in [5.41, 5.74) is 5.28. The molecule has 21 heavy (non-hydrogen) atoms. The quantitative estimate of drug-likeness (QED) is 0.656.